The van der Waals surface area contributed by atoms with Crippen LogP contribution < -0.4 is 11.1 Å². The molecule has 1 rings (SSSR count). The van der Waals surface area contributed by atoms with Gasteiger partial charge in [0.15, 0.2) is 0 Å². The van der Waals surface area contributed by atoms with Crippen LogP contribution in [0.1, 0.15) is 45.4 Å². The van der Waals surface area contributed by atoms with E-state index < -0.39 is 0 Å². The molecule has 16 heavy (non-hydrogen) atoms. The first-order valence-electron chi connectivity index (χ1n) is 6.27. The predicted molar refractivity (Wildman–Crippen MR) is 63.9 cm³/mol. The Labute approximate surface area is 97.6 Å². The van der Waals surface area contributed by atoms with E-state index in [1.54, 1.807) is 6.92 Å². The van der Waals surface area contributed by atoms with E-state index in [2.05, 4.69) is 5.32 Å². The Balaban J connectivity index is 2.42. The van der Waals surface area contributed by atoms with Gasteiger partial charge in [-0.1, -0.05) is 19.3 Å². The maximum Gasteiger partial charge on any atom is 0.227 e. The number of nitrogens with one attached hydrogen (secondary N) is 1. The Morgan fingerprint density at radius 1 is 1.44 bits per heavy atom. The first-order chi connectivity index (χ1) is 7.60. The van der Waals surface area contributed by atoms with E-state index in [9.17, 15) is 4.79 Å². The van der Waals surface area contributed by atoms with Crippen LogP contribution in [0, 0.1) is 5.41 Å². The van der Waals surface area contributed by atoms with Crippen molar-refractivity contribution in [2.45, 2.75) is 51.6 Å². The highest BCUT2D eigenvalue weighted by molar-refractivity contribution is 5.82. The summed E-state index contributed by atoms with van der Waals surface area (Å²) in [6.07, 6.45) is 5.46. The highest BCUT2D eigenvalue weighted by Crippen LogP contribution is 2.35. The second-order valence-corrected chi connectivity index (χ2v) is 4.94. The molecule has 1 saturated carbocycles. The average Bonchev–Trinajstić information content (AvgIpc) is 2.29. The summed E-state index contributed by atoms with van der Waals surface area (Å²) < 4.78 is 0. The molecule has 0 aromatic carbocycles. The lowest BCUT2D eigenvalue weighted by Gasteiger charge is -2.34. The second-order valence-electron chi connectivity index (χ2n) is 4.94. The number of carbonyl (C=O) groups is 1. The third-order valence-corrected chi connectivity index (χ3v) is 3.53. The molecule has 0 bridgehead atoms. The molecule has 1 unspecified atom stereocenters. The lowest BCUT2D eigenvalue weighted by Crippen LogP contribution is -2.47. The van der Waals surface area contributed by atoms with E-state index in [4.69, 9.17) is 10.8 Å². The molecule has 1 amide bonds. The van der Waals surface area contributed by atoms with Gasteiger partial charge in [0.05, 0.1) is 11.5 Å². The zero-order valence-corrected chi connectivity index (χ0v) is 10.2. The SMILES string of the molecule is CC(O)CCNC(=O)C1(CN)CCCCC1. The minimum atomic E-state index is -0.361. The summed E-state index contributed by atoms with van der Waals surface area (Å²) in [5.74, 6) is 0.0790. The van der Waals surface area contributed by atoms with Crippen molar-refractivity contribution in [2.75, 3.05) is 13.1 Å². The van der Waals surface area contributed by atoms with Crippen molar-refractivity contribution in [1.29, 1.82) is 0 Å². The Kier molecular flexibility index (Phi) is 5.22. The number of hydrogen-bond acceptors (Lipinski definition) is 3. The molecule has 0 aromatic heterocycles. The quantitative estimate of drug-likeness (QED) is 0.651. The Bertz CT molecular complexity index is 223. The highest BCUT2D eigenvalue weighted by atomic mass is 16.3. The third-order valence-electron chi connectivity index (χ3n) is 3.53. The monoisotopic (exact) mass is 228 g/mol. The number of hydrogen-bond donors (Lipinski definition) is 3. The summed E-state index contributed by atoms with van der Waals surface area (Å²) >= 11 is 0. The fourth-order valence-corrected chi connectivity index (χ4v) is 2.33. The van der Waals surface area contributed by atoms with E-state index in [1.807, 2.05) is 0 Å². The number of nitrogens with two attached hydrogens (primary N) is 1. The molecule has 1 aliphatic rings. The lowest BCUT2D eigenvalue weighted by molar-refractivity contribution is -0.132. The summed E-state index contributed by atoms with van der Waals surface area (Å²) in [7, 11) is 0. The summed E-state index contributed by atoms with van der Waals surface area (Å²) in [5.41, 5.74) is 5.42. The third kappa shape index (κ3) is 3.46. The molecule has 1 atom stereocenters. The highest BCUT2D eigenvalue weighted by Gasteiger charge is 2.37. The minimum absolute atomic E-state index is 0.0790. The van der Waals surface area contributed by atoms with Crippen LogP contribution in [-0.2, 0) is 4.79 Å². The maximum atomic E-state index is 12.1. The molecule has 0 radical (unpaired) electrons. The van der Waals surface area contributed by atoms with Gasteiger partial charge in [0.2, 0.25) is 5.91 Å². The van der Waals surface area contributed by atoms with Crippen LogP contribution in [0.15, 0.2) is 0 Å². The molecule has 94 valence electrons. The van der Waals surface area contributed by atoms with Gasteiger partial charge in [-0.2, -0.15) is 0 Å². The Morgan fingerprint density at radius 3 is 2.56 bits per heavy atom. The maximum absolute atomic E-state index is 12.1. The molecule has 1 aliphatic carbocycles. The molecule has 0 saturated heterocycles. The van der Waals surface area contributed by atoms with Gasteiger partial charge in [0.1, 0.15) is 0 Å². The molecule has 0 aliphatic heterocycles. The van der Waals surface area contributed by atoms with Crippen LogP contribution in [0.4, 0.5) is 0 Å². The van der Waals surface area contributed by atoms with Gasteiger partial charge >= 0.3 is 0 Å². The van der Waals surface area contributed by atoms with Crippen molar-refractivity contribution in [3.8, 4) is 0 Å². The smallest absolute Gasteiger partial charge is 0.227 e. The van der Waals surface area contributed by atoms with Gasteiger partial charge in [-0.3, -0.25) is 4.79 Å². The van der Waals surface area contributed by atoms with Gasteiger partial charge in [-0.05, 0) is 26.2 Å². The van der Waals surface area contributed by atoms with Gasteiger partial charge in [0.25, 0.3) is 0 Å². The normalized spacial score (nSPS) is 21.4. The molecule has 1 fully saturated rings. The first kappa shape index (κ1) is 13.5. The molecule has 0 spiro atoms. The first-order valence-corrected chi connectivity index (χ1v) is 6.27. The Hall–Kier alpha value is -0.610. The van der Waals surface area contributed by atoms with Crippen molar-refractivity contribution in [1.82, 2.24) is 5.32 Å². The fraction of sp³-hybridized carbons (Fsp3) is 0.917. The van der Waals surface area contributed by atoms with E-state index in [-0.39, 0.29) is 17.4 Å². The second kappa shape index (κ2) is 6.21. The summed E-state index contributed by atoms with van der Waals surface area (Å²) in [5, 5.41) is 12.0. The van der Waals surface area contributed by atoms with Crippen LogP contribution >= 0.6 is 0 Å². The molecular weight excluding hydrogens is 204 g/mol. The zero-order valence-electron chi connectivity index (χ0n) is 10.2. The largest absolute Gasteiger partial charge is 0.393 e. The van der Waals surface area contributed by atoms with Gasteiger partial charge < -0.3 is 16.2 Å². The van der Waals surface area contributed by atoms with Crippen LogP contribution in [0.25, 0.3) is 0 Å². The molecule has 0 aromatic rings. The van der Waals surface area contributed by atoms with E-state index in [1.165, 1.54) is 6.42 Å². The van der Waals surface area contributed by atoms with Gasteiger partial charge in [-0.15, -0.1) is 0 Å². The number of amides is 1. The summed E-state index contributed by atoms with van der Waals surface area (Å²) in [6, 6.07) is 0. The standard InChI is InChI=1S/C12H24N2O2/c1-10(15)5-8-14-11(16)12(9-13)6-3-2-4-7-12/h10,15H,2-9,13H2,1H3,(H,14,16). The fourth-order valence-electron chi connectivity index (χ4n) is 2.33. The van der Waals surface area contributed by atoms with Crippen LogP contribution in [0.3, 0.4) is 0 Å². The minimum Gasteiger partial charge on any atom is -0.393 e. The number of rotatable bonds is 5. The summed E-state index contributed by atoms with van der Waals surface area (Å²) in [6.45, 7) is 2.71. The molecule has 4 nitrogen and oxygen atoms in total. The van der Waals surface area contributed by atoms with Crippen molar-refractivity contribution in [3.05, 3.63) is 0 Å². The van der Waals surface area contributed by atoms with E-state index in [0.717, 1.165) is 25.7 Å². The zero-order chi connectivity index (χ0) is 12.0. The molecule has 0 heterocycles. The number of aliphatic hydroxyl groups excluding tert-OH is 1. The van der Waals surface area contributed by atoms with Gasteiger partial charge in [-0.25, -0.2) is 0 Å². The van der Waals surface area contributed by atoms with Crippen LogP contribution in [0.5, 0.6) is 0 Å². The Morgan fingerprint density at radius 2 is 2.06 bits per heavy atom. The predicted octanol–water partition coefficient (Wildman–Crippen LogP) is 0.783. The van der Waals surface area contributed by atoms with Crippen molar-refractivity contribution >= 4 is 5.91 Å². The number of aliphatic hydroxyl groups is 1. The number of carbonyl (C=O) groups excluding carboxylic acids is 1. The lowest BCUT2D eigenvalue weighted by atomic mass is 9.73. The molecular formula is C12H24N2O2. The van der Waals surface area contributed by atoms with Crippen molar-refractivity contribution in [3.63, 3.8) is 0 Å². The van der Waals surface area contributed by atoms with Crippen molar-refractivity contribution in [2.24, 2.45) is 11.1 Å². The van der Waals surface area contributed by atoms with E-state index >= 15 is 0 Å². The molecule has 4 heteroatoms. The average molecular weight is 228 g/mol. The van der Waals surface area contributed by atoms with Crippen molar-refractivity contribution < 1.29 is 9.90 Å². The topological polar surface area (TPSA) is 75.3 Å². The summed E-state index contributed by atoms with van der Waals surface area (Å²) in [4.78, 5) is 12.1. The van der Waals surface area contributed by atoms with Crippen LogP contribution in [-0.4, -0.2) is 30.2 Å². The van der Waals surface area contributed by atoms with Crippen LogP contribution in [0.2, 0.25) is 0 Å². The van der Waals surface area contributed by atoms with E-state index in [0.29, 0.717) is 19.5 Å². The van der Waals surface area contributed by atoms with Gasteiger partial charge in [0, 0.05) is 13.1 Å². The molecule has 4 N–H and O–H groups in total.